The summed E-state index contributed by atoms with van der Waals surface area (Å²) in [6, 6.07) is 13.1. The molecule has 0 aliphatic rings. The van der Waals surface area contributed by atoms with Gasteiger partial charge < -0.3 is 5.73 Å². The Bertz CT molecular complexity index is 781. The zero-order valence-electron chi connectivity index (χ0n) is 9.75. The molecule has 0 amide bonds. The highest BCUT2D eigenvalue weighted by Gasteiger charge is 2.09. The van der Waals surface area contributed by atoms with Crippen LogP contribution in [0.5, 0.6) is 0 Å². The summed E-state index contributed by atoms with van der Waals surface area (Å²) in [5.74, 6) is 0. The Morgan fingerprint density at radius 2 is 2.00 bits per heavy atom. The summed E-state index contributed by atoms with van der Waals surface area (Å²) >= 11 is 11.1. The second kappa shape index (κ2) is 4.60. The Kier molecular flexibility index (Phi) is 2.93. The van der Waals surface area contributed by atoms with Crippen LogP contribution in [0.2, 0.25) is 5.02 Å². The zero-order chi connectivity index (χ0) is 13.4. The van der Waals surface area contributed by atoms with E-state index in [1.165, 1.54) is 0 Å². The maximum atomic E-state index is 6.16. The molecule has 0 bridgehead atoms. The monoisotopic (exact) mass is 288 g/mol. The predicted molar refractivity (Wildman–Crippen MR) is 79.8 cm³/mol. The van der Waals surface area contributed by atoms with Gasteiger partial charge in [0, 0.05) is 5.56 Å². The predicted octanol–water partition coefficient (Wildman–Crippen LogP) is 2.71. The largest absolute Gasteiger partial charge is 0.389 e. The van der Waals surface area contributed by atoms with E-state index in [1.807, 2.05) is 30.3 Å². The normalized spacial score (nSPS) is 10.8. The molecule has 6 heteroatoms. The van der Waals surface area contributed by atoms with Crippen molar-refractivity contribution in [3.63, 3.8) is 0 Å². The lowest BCUT2D eigenvalue weighted by atomic mass is 10.2. The molecule has 0 atom stereocenters. The van der Waals surface area contributed by atoms with Crippen LogP contribution < -0.4 is 5.73 Å². The van der Waals surface area contributed by atoms with Crippen molar-refractivity contribution in [3.8, 4) is 5.69 Å². The van der Waals surface area contributed by atoms with Gasteiger partial charge in [0.15, 0.2) is 0 Å². The maximum absolute atomic E-state index is 6.16. The van der Waals surface area contributed by atoms with Gasteiger partial charge in [-0.25, -0.2) is 4.68 Å². The first kappa shape index (κ1) is 12.1. The SMILES string of the molecule is NC(=S)c1ccc(-n2nnc3ccccc32)cc1Cl. The third kappa shape index (κ3) is 2.07. The standard InChI is InChI=1S/C13H9ClN4S/c14-10-7-8(5-6-9(10)13(15)19)18-12-4-2-1-3-11(12)16-17-18/h1-7H,(H2,15,19). The summed E-state index contributed by atoms with van der Waals surface area (Å²) in [5.41, 5.74) is 8.81. The molecule has 0 aliphatic carbocycles. The summed E-state index contributed by atoms with van der Waals surface area (Å²) in [7, 11) is 0. The number of benzene rings is 2. The van der Waals surface area contributed by atoms with Gasteiger partial charge in [0.2, 0.25) is 0 Å². The van der Waals surface area contributed by atoms with Crippen LogP contribution in [0.1, 0.15) is 5.56 Å². The van der Waals surface area contributed by atoms with Crippen molar-refractivity contribution in [2.45, 2.75) is 0 Å². The van der Waals surface area contributed by atoms with Gasteiger partial charge in [0.1, 0.15) is 10.5 Å². The first-order valence-corrected chi connectivity index (χ1v) is 6.35. The lowest BCUT2D eigenvalue weighted by Crippen LogP contribution is -2.10. The maximum Gasteiger partial charge on any atom is 0.113 e. The van der Waals surface area contributed by atoms with Crippen LogP contribution in [0, 0.1) is 0 Å². The van der Waals surface area contributed by atoms with E-state index in [2.05, 4.69) is 10.3 Å². The zero-order valence-corrected chi connectivity index (χ0v) is 11.3. The third-order valence-corrected chi connectivity index (χ3v) is 3.35. The van der Waals surface area contributed by atoms with E-state index in [0.717, 1.165) is 16.7 Å². The van der Waals surface area contributed by atoms with Crippen molar-refractivity contribution in [1.82, 2.24) is 15.0 Å². The molecule has 0 fully saturated rings. The van der Waals surface area contributed by atoms with Gasteiger partial charge in [-0.2, -0.15) is 0 Å². The van der Waals surface area contributed by atoms with Crippen molar-refractivity contribution < 1.29 is 0 Å². The smallest absolute Gasteiger partial charge is 0.113 e. The van der Waals surface area contributed by atoms with E-state index in [0.29, 0.717) is 10.6 Å². The molecule has 1 aromatic heterocycles. The van der Waals surface area contributed by atoms with Gasteiger partial charge in [-0.15, -0.1) is 5.10 Å². The molecule has 2 N–H and O–H groups in total. The molecule has 0 radical (unpaired) electrons. The van der Waals surface area contributed by atoms with Crippen molar-refractivity contribution in [2.24, 2.45) is 5.73 Å². The highest BCUT2D eigenvalue weighted by atomic mass is 35.5. The summed E-state index contributed by atoms with van der Waals surface area (Å²) in [6.45, 7) is 0. The number of thiocarbonyl (C=S) groups is 1. The Morgan fingerprint density at radius 3 is 2.74 bits per heavy atom. The quantitative estimate of drug-likeness (QED) is 0.737. The average Bonchev–Trinajstić information content (AvgIpc) is 2.82. The molecule has 0 saturated heterocycles. The number of aromatic nitrogens is 3. The molecular weight excluding hydrogens is 280 g/mol. The first-order chi connectivity index (χ1) is 9.16. The number of hydrogen-bond donors (Lipinski definition) is 1. The van der Waals surface area contributed by atoms with Crippen molar-refractivity contribution in [2.75, 3.05) is 0 Å². The van der Waals surface area contributed by atoms with Gasteiger partial charge in [-0.3, -0.25) is 0 Å². The van der Waals surface area contributed by atoms with Crippen LogP contribution >= 0.6 is 23.8 Å². The lowest BCUT2D eigenvalue weighted by molar-refractivity contribution is 0.824. The Balaban J connectivity index is 2.17. The first-order valence-electron chi connectivity index (χ1n) is 5.57. The van der Waals surface area contributed by atoms with Gasteiger partial charge in [-0.1, -0.05) is 41.2 Å². The molecule has 0 aliphatic heterocycles. The number of nitrogens with two attached hydrogens (primary N) is 1. The molecule has 2 aromatic carbocycles. The molecule has 3 aromatic rings. The molecule has 4 nitrogen and oxygen atoms in total. The minimum Gasteiger partial charge on any atom is -0.389 e. The van der Waals surface area contributed by atoms with Crippen LogP contribution in [0.15, 0.2) is 42.5 Å². The second-order valence-corrected chi connectivity index (χ2v) is 4.87. The number of para-hydroxylation sites is 1. The number of halogens is 1. The molecule has 1 heterocycles. The van der Waals surface area contributed by atoms with Crippen LogP contribution in [0.4, 0.5) is 0 Å². The fraction of sp³-hybridized carbons (Fsp3) is 0. The third-order valence-electron chi connectivity index (χ3n) is 2.81. The fourth-order valence-electron chi connectivity index (χ4n) is 1.90. The minimum absolute atomic E-state index is 0.278. The van der Waals surface area contributed by atoms with Crippen LogP contribution in [-0.4, -0.2) is 20.0 Å². The van der Waals surface area contributed by atoms with E-state index < -0.39 is 0 Å². The minimum atomic E-state index is 0.278. The van der Waals surface area contributed by atoms with Gasteiger partial charge in [-0.05, 0) is 30.3 Å². The molecule has 3 rings (SSSR count). The molecule has 0 spiro atoms. The summed E-state index contributed by atoms with van der Waals surface area (Å²) in [5, 5.41) is 8.73. The van der Waals surface area contributed by atoms with E-state index in [1.54, 1.807) is 16.8 Å². The lowest BCUT2D eigenvalue weighted by Gasteiger charge is -2.06. The summed E-state index contributed by atoms with van der Waals surface area (Å²) in [4.78, 5) is 0.278. The number of hydrogen-bond acceptors (Lipinski definition) is 3. The number of rotatable bonds is 2. The van der Waals surface area contributed by atoms with Crippen molar-refractivity contribution in [3.05, 3.63) is 53.1 Å². The van der Waals surface area contributed by atoms with Gasteiger partial charge >= 0.3 is 0 Å². The van der Waals surface area contributed by atoms with E-state index in [9.17, 15) is 0 Å². The van der Waals surface area contributed by atoms with E-state index >= 15 is 0 Å². The number of fused-ring (bicyclic) bond motifs is 1. The highest BCUT2D eigenvalue weighted by molar-refractivity contribution is 7.80. The molecule has 0 unspecified atom stereocenters. The highest BCUT2D eigenvalue weighted by Crippen LogP contribution is 2.22. The van der Waals surface area contributed by atoms with Crippen LogP contribution in [0.25, 0.3) is 16.7 Å². The topological polar surface area (TPSA) is 56.7 Å². The molecule has 94 valence electrons. The van der Waals surface area contributed by atoms with Crippen molar-refractivity contribution >= 4 is 39.8 Å². The average molecular weight is 289 g/mol. The molecule has 0 saturated carbocycles. The number of nitrogens with zero attached hydrogens (tertiary/aromatic N) is 3. The van der Waals surface area contributed by atoms with Crippen LogP contribution in [0.3, 0.4) is 0 Å². The van der Waals surface area contributed by atoms with E-state index in [-0.39, 0.29) is 4.99 Å². The van der Waals surface area contributed by atoms with Gasteiger partial charge in [0.25, 0.3) is 0 Å². The summed E-state index contributed by atoms with van der Waals surface area (Å²) in [6.07, 6.45) is 0. The Morgan fingerprint density at radius 1 is 1.21 bits per heavy atom. The van der Waals surface area contributed by atoms with Crippen LogP contribution in [-0.2, 0) is 0 Å². The summed E-state index contributed by atoms with van der Waals surface area (Å²) < 4.78 is 1.73. The van der Waals surface area contributed by atoms with E-state index in [4.69, 9.17) is 29.6 Å². The Labute approximate surface area is 119 Å². The van der Waals surface area contributed by atoms with Gasteiger partial charge in [0.05, 0.1) is 16.2 Å². The molecular formula is C13H9ClN4S. The Hall–Kier alpha value is -1.98. The van der Waals surface area contributed by atoms with Crippen molar-refractivity contribution in [1.29, 1.82) is 0 Å². The second-order valence-electron chi connectivity index (χ2n) is 4.02. The fourth-order valence-corrected chi connectivity index (χ4v) is 2.41. The molecule has 19 heavy (non-hydrogen) atoms.